The number of aromatic amines is 1. The summed E-state index contributed by atoms with van der Waals surface area (Å²) in [4.78, 5) is 31.1. The molecule has 0 atom stereocenters. The normalized spacial score (nSPS) is 12.7. The van der Waals surface area contributed by atoms with E-state index in [0.29, 0.717) is 30.0 Å². The number of nitrogens with one attached hydrogen (secondary N) is 2. The number of ketones is 1. The summed E-state index contributed by atoms with van der Waals surface area (Å²) in [5.74, 6) is 1.55. The number of amides is 1. The molecule has 2 heterocycles. The van der Waals surface area contributed by atoms with Gasteiger partial charge in [0.1, 0.15) is 17.3 Å². The number of hydrogen-bond donors (Lipinski definition) is 2. The third-order valence-corrected chi connectivity index (χ3v) is 4.10. The number of carbonyl (C=O) groups is 2. The number of ether oxygens (including phenoxy) is 2. The second-order valence-corrected chi connectivity index (χ2v) is 5.96. The standard InChI is InChI=1S/C19H17N3O4/c23-16-10-26-17-9-12(5-6-13(16)17)25-11-19(24)20-8-7-18-21-14-3-1-2-4-15(14)22-18/h1-6,9H,7-8,10-11H2,(H,20,24)(H,21,22). The number of carbonyl (C=O) groups excluding carboxylic acids is 2. The first kappa shape index (κ1) is 16.1. The van der Waals surface area contributed by atoms with Crippen molar-refractivity contribution in [1.82, 2.24) is 15.3 Å². The molecule has 0 aliphatic carbocycles. The lowest BCUT2D eigenvalue weighted by atomic mass is 10.1. The molecule has 0 fully saturated rings. The average Bonchev–Trinajstić information content (AvgIpc) is 3.23. The van der Waals surface area contributed by atoms with Crippen LogP contribution < -0.4 is 14.8 Å². The molecule has 4 rings (SSSR count). The van der Waals surface area contributed by atoms with Gasteiger partial charge in [0.05, 0.1) is 16.6 Å². The first-order valence-electron chi connectivity index (χ1n) is 8.32. The van der Waals surface area contributed by atoms with Crippen LogP contribution in [0.4, 0.5) is 0 Å². The quantitative estimate of drug-likeness (QED) is 0.707. The summed E-state index contributed by atoms with van der Waals surface area (Å²) in [6.45, 7) is 0.414. The molecule has 1 aliphatic rings. The number of benzene rings is 2. The van der Waals surface area contributed by atoms with E-state index in [1.54, 1.807) is 18.2 Å². The maximum atomic E-state index is 11.9. The molecule has 1 aromatic heterocycles. The van der Waals surface area contributed by atoms with E-state index < -0.39 is 0 Å². The van der Waals surface area contributed by atoms with Crippen LogP contribution in [0, 0.1) is 0 Å². The van der Waals surface area contributed by atoms with Gasteiger partial charge in [-0.1, -0.05) is 12.1 Å². The molecule has 26 heavy (non-hydrogen) atoms. The van der Waals surface area contributed by atoms with Crippen molar-refractivity contribution in [2.75, 3.05) is 19.8 Å². The molecule has 2 N–H and O–H groups in total. The Morgan fingerprint density at radius 1 is 1.27 bits per heavy atom. The molecule has 1 amide bonds. The molecule has 0 saturated carbocycles. The Morgan fingerprint density at radius 2 is 2.15 bits per heavy atom. The number of nitrogens with zero attached hydrogens (tertiary/aromatic N) is 1. The minimum Gasteiger partial charge on any atom is -0.485 e. The van der Waals surface area contributed by atoms with Crippen LogP contribution in [0.1, 0.15) is 16.2 Å². The van der Waals surface area contributed by atoms with Crippen molar-refractivity contribution in [3.8, 4) is 11.5 Å². The van der Waals surface area contributed by atoms with Gasteiger partial charge in [-0.15, -0.1) is 0 Å². The van der Waals surface area contributed by atoms with E-state index in [0.717, 1.165) is 16.9 Å². The van der Waals surface area contributed by atoms with Gasteiger partial charge in [-0.3, -0.25) is 9.59 Å². The van der Waals surface area contributed by atoms with Gasteiger partial charge in [-0.2, -0.15) is 0 Å². The van der Waals surface area contributed by atoms with Gasteiger partial charge in [0.15, 0.2) is 13.2 Å². The number of Topliss-reactive ketones (excluding diaryl/α,β-unsaturated/α-hetero) is 1. The highest BCUT2D eigenvalue weighted by Crippen LogP contribution is 2.29. The SMILES string of the molecule is O=C(COc1ccc2c(c1)OCC2=O)NCCc1nc2ccccc2[nH]1. The van der Waals surface area contributed by atoms with Crippen LogP contribution in [0.3, 0.4) is 0 Å². The molecule has 1 aliphatic heterocycles. The molecular weight excluding hydrogens is 334 g/mol. The lowest BCUT2D eigenvalue weighted by molar-refractivity contribution is -0.123. The Hall–Kier alpha value is -3.35. The van der Waals surface area contributed by atoms with Crippen molar-refractivity contribution in [2.24, 2.45) is 0 Å². The van der Waals surface area contributed by atoms with E-state index in [9.17, 15) is 9.59 Å². The van der Waals surface area contributed by atoms with Gasteiger partial charge in [0, 0.05) is 19.0 Å². The van der Waals surface area contributed by atoms with Crippen LogP contribution in [-0.4, -0.2) is 41.4 Å². The van der Waals surface area contributed by atoms with Gasteiger partial charge in [0.2, 0.25) is 5.78 Å². The monoisotopic (exact) mass is 351 g/mol. The van der Waals surface area contributed by atoms with Gasteiger partial charge in [-0.05, 0) is 24.3 Å². The molecule has 0 unspecified atom stereocenters. The number of imidazole rings is 1. The Labute approximate surface area is 149 Å². The topological polar surface area (TPSA) is 93.3 Å². The van der Waals surface area contributed by atoms with Gasteiger partial charge < -0.3 is 19.8 Å². The van der Waals surface area contributed by atoms with E-state index in [1.165, 1.54) is 0 Å². The molecule has 0 spiro atoms. The van der Waals surface area contributed by atoms with Crippen molar-refractivity contribution in [2.45, 2.75) is 6.42 Å². The first-order valence-corrected chi connectivity index (χ1v) is 8.32. The Balaban J connectivity index is 1.25. The summed E-state index contributed by atoms with van der Waals surface area (Å²) in [6, 6.07) is 12.7. The van der Waals surface area contributed by atoms with Gasteiger partial charge in [0.25, 0.3) is 5.91 Å². The fourth-order valence-electron chi connectivity index (χ4n) is 2.81. The minimum absolute atomic E-state index is 0.0464. The van der Waals surface area contributed by atoms with Crippen molar-refractivity contribution in [3.05, 3.63) is 53.9 Å². The van der Waals surface area contributed by atoms with Gasteiger partial charge in [-0.25, -0.2) is 4.98 Å². The minimum atomic E-state index is -0.224. The lowest BCUT2D eigenvalue weighted by Crippen LogP contribution is -2.30. The summed E-state index contributed by atoms with van der Waals surface area (Å²) in [7, 11) is 0. The van der Waals surface area contributed by atoms with Crippen molar-refractivity contribution in [1.29, 1.82) is 0 Å². The highest BCUT2D eigenvalue weighted by atomic mass is 16.5. The van der Waals surface area contributed by atoms with E-state index in [1.807, 2.05) is 24.3 Å². The van der Waals surface area contributed by atoms with Crippen LogP contribution in [0.25, 0.3) is 11.0 Å². The van der Waals surface area contributed by atoms with Crippen LogP contribution in [-0.2, 0) is 11.2 Å². The van der Waals surface area contributed by atoms with Crippen LogP contribution in [0.15, 0.2) is 42.5 Å². The number of rotatable bonds is 6. The second-order valence-electron chi connectivity index (χ2n) is 5.96. The predicted octanol–water partition coefficient (Wildman–Crippen LogP) is 1.88. The zero-order valence-electron chi connectivity index (χ0n) is 14.0. The Morgan fingerprint density at radius 3 is 3.04 bits per heavy atom. The zero-order chi connectivity index (χ0) is 17.9. The van der Waals surface area contributed by atoms with Gasteiger partial charge >= 0.3 is 0 Å². The number of para-hydroxylation sites is 2. The average molecular weight is 351 g/mol. The summed E-state index contributed by atoms with van der Waals surface area (Å²) in [6.07, 6.45) is 0.606. The number of aromatic nitrogens is 2. The fourth-order valence-corrected chi connectivity index (χ4v) is 2.81. The zero-order valence-corrected chi connectivity index (χ0v) is 14.0. The molecule has 7 nitrogen and oxygen atoms in total. The summed E-state index contributed by atoms with van der Waals surface area (Å²) in [5.41, 5.74) is 2.44. The first-order chi connectivity index (χ1) is 12.7. The van der Waals surface area contributed by atoms with E-state index >= 15 is 0 Å². The Kier molecular flexibility index (Phi) is 4.27. The third kappa shape index (κ3) is 3.37. The molecule has 0 bridgehead atoms. The predicted molar refractivity (Wildman–Crippen MR) is 94.6 cm³/mol. The smallest absolute Gasteiger partial charge is 0.257 e. The van der Waals surface area contributed by atoms with Crippen molar-refractivity contribution >= 4 is 22.7 Å². The summed E-state index contributed by atoms with van der Waals surface area (Å²) < 4.78 is 10.7. The molecule has 7 heteroatoms. The van der Waals surface area contributed by atoms with Crippen LogP contribution in [0.2, 0.25) is 0 Å². The second kappa shape index (κ2) is 6.87. The fraction of sp³-hybridized carbons (Fsp3) is 0.211. The molecule has 0 radical (unpaired) electrons. The number of H-pyrrole nitrogens is 1. The van der Waals surface area contributed by atoms with E-state index in [2.05, 4.69) is 15.3 Å². The van der Waals surface area contributed by atoms with Crippen LogP contribution in [0.5, 0.6) is 11.5 Å². The Bertz CT molecular complexity index is 947. The van der Waals surface area contributed by atoms with Crippen molar-refractivity contribution < 1.29 is 19.1 Å². The lowest BCUT2D eigenvalue weighted by Gasteiger charge is -2.08. The van der Waals surface area contributed by atoms with E-state index in [4.69, 9.17) is 9.47 Å². The number of fused-ring (bicyclic) bond motifs is 2. The summed E-state index contributed by atoms with van der Waals surface area (Å²) >= 11 is 0. The highest BCUT2D eigenvalue weighted by Gasteiger charge is 2.21. The van der Waals surface area contributed by atoms with Crippen LogP contribution >= 0.6 is 0 Å². The maximum Gasteiger partial charge on any atom is 0.257 e. The van der Waals surface area contributed by atoms with E-state index in [-0.39, 0.29) is 24.9 Å². The number of hydrogen-bond acceptors (Lipinski definition) is 5. The third-order valence-electron chi connectivity index (χ3n) is 4.10. The maximum absolute atomic E-state index is 11.9. The molecule has 3 aromatic rings. The largest absolute Gasteiger partial charge is 0.485 e. The molecule has 2 aromatic carbocycles. The summed E-state index contributed by atoms with van der Waals surface area (Å²) in [5, 5.41) is 2.80. The molecular formula is C19H17N3O4. The highest BCUT2D eigenvalue weighted by molar-refractivity contribution is 6.02. The van der Waals surface area contributed by atoms with Crippen molar-refractivity contribution in [3.63, 3.8) is 0 Å². The molecule has 0 saturated heterocycles. The molecule has 132 valence electrons.